The largest absolute Gasteiger partial charge is 0.479 e. The number of hydrogen-bond acceptors (Lipinski definition) is 4. The molecular weight excluding hydrogens is 226 g/mol. The third-order valence-electron chi connectivity index (χ3n) is 2.76. The fourth-order valence-electron chi connectivity index (χ4n) is 1.92. The molecule has 6 heteroatoms. The van der Waals surface area contributed by atoms with E-state index >= 15 is 0 Å². The molecule has 1 aliphatic rings. The van der Waals surface area contributed by atoms with Crippen molar-refractivity contribution in [1.82, 2.24) is 4.90 Å². The average Bonchev–Trinajstić information content (AvgIpc) is 2.59. The predicted molar refractivity (Wildman–Crippen MR) is 59.6 cm³/mol. The van der Waals surface area contributed by atoms with E-state index in [4.69, 9.17) is 4.74 Å². The first kappa shape index (κ1) is 13.8. The van der Waals surface area contributed by atoms with Gasteiger partial charge in [0.1, 0.15) is 5.60 Å². The molecule has 1 saturated heterocycles. The van der Waals surface area contributed by atoms with Crippen molar-refractivity contribution in [2.24, 2.45) is 0 Å². The molecule has 6 nitrogen and oxygen atoms in total. The van der Waals surface area contributed by atoms with Crippen LogP contribution in [-0.4, -0.2) is 51.5 Å². The van der Waals surface area contributed by atoms with Gasteiger partial charge in [-0.15, -0.1) is 0 Å². The second-order valence-corrected chi connectivity index (χ2v) is 5.23. The van der Waals surface area contributed by atoms with E-state index in [1.807, 2.05) is 0 Å². The SMILES string of the molecule is CC(C)(C)OC(=O)N1CCC[C@]1(CO)C(=O)O. The van der Waals surface area contributed by atoms with Crippen LogP contribution >= 0.6 is 0 Å². The molecule has 1 aliphatic heterocycles. The van der Waals surface area contributed by atoms with E-state index in [-0.39, 0.29) is 6.42 Å². The molecule has 17 heavy (non-hydrogen) atoms. The lowest BCUT2D eigenvalue weighted by Crippen LogP contribution is -2.56. The van der Waals surface area contributed by atoms with Crippen molar-refractivity contribution in [2.45, 2.75) is 44.8 Å². The molecule has 0 saturated carbocycles. The highest BCUT2D eigenvalue weighted by Crippen LogP contribution is 2.30. The van der Waals surface area contributed by atoms with Crippen LogP contribution in [0.4, 0.5) is 4.79 Å². The Hall–Kier alpha value is -1.30. The van der Waals surface area contributed by atoms with E-state index < -0.39 is 29.8 Å². The van der Waals surface area contributed by atoms with Crippen LogP contribution in [0.3, 0.4) is 0 Å². The van der Waals surface area contributed by atoms with E-state index in [1.54, 1.807) is 20.8 Å². The number of carbonyl (C=O) groups excluding carboxylic acids is 1. The summed E-state index contributed by atoms with van der Waals surface area (Å²) in [6.07, 6.45) is 0.107. The van der Waals surface area contributed by atoms with Crippen molar-refractivity contribution in [3.8, 4) is 0 Å². The fourth-order valence-corrected chi connectivity index (χ4v) is 1.92. The number of nitrogens with zero attached hydrogens (tertiary/aromatic N) is 1. The summed E-state index contributed by atoms with van der Waals surface area (Å²) in [6.45, 7) is 4.83. The Bertz CT molecular complexity index is 322. The summed E-state index contributed by atoms with van der Waals surface area (Å²) in [5.41, 5.74) is -2.21. The third kappa shape index (κ3) is 2.69. The number of carboxylic acid groups (broad SMARTS) is 1. The maximum Gasteiger partial charge on any atom is 0.411 e. The average molecular weight is 245 g/mol. The van der Waals surface area contributed by atoms with Crippen LogP contribution in [0.1, 0.15) is 33.6 Å². The maximum atomic E-state index is 11.9. The molecule has 1 fully saturated rings. The monoisotopic (exact) mass is 245 g/mol. The van der Waals surface area contributed by atoms with E-state index in [9.17, 15) is 19.8 Å². The molecule has 0 aromatic heterocycles. The van der Waals surface area contributed by atoms with Crippen molar-refractivity contribution in [3.63, 3.8) is 0 Å². The van der Waals surface area contributed by atoms with Gasteiger partial charge in [-0.05, 0) is 33.6 Å². The minimum Gasteiger partial charge on any atom is -0.479 e. The molecule has 0 bridgehead atoms. The zero-order chi connectivity index (χ0) is 13.3. The van der Waals surface area contributed by atoms with Crippen LogP contribution < -0.4 is 0 Å². The summed E-state index contributed by atoms with van der Waals surface area (Å²) in [4.78, 5) is 24.2. The van der Waals surface area contributed by atoms with Crippen LogP contribution in [0.15, 0.2) is 0 Å². The van der Waals surface area contributed by atoms with Crippen LogP contribution in [0.25, 0.3) is 0 Å². The molecule has 1 heterocycles. The molecule has 0 aliphatic carbocycles. The van der Waals surface area contributed by atoms with Gasteiger partial charge in [-0.25, -0.2) is 9.59 Å². The van der Waals surface area contributed by atoms with Gasteiger partial charge < -0.3 is 14.9 Å². The highest BCUT2D eigenvalue weighted by Gasteiger charge is 2.51. The summed E-state index contributed by atoms with van der Waals surface area (Å²) >= 11 is 0. The Balaban J connectivity index is 2.89. The molecule has 1 amide bonds. The van der Waals surface area contributed by atoms with E-state index in [1.165, 1.54) is 0 Å². The number of aliphatic carboxylic acids is 1. The quantitative estimate of drug-likeness (QED) is 0.752. The smallest absolute Gasteiger partial charge is 0.411 e. The van der Waals surface area contributed by atoms with Crippen molar-refractivity contribution in [3.05, 3.63) is 0 Å². The summed E-state index contributed by atoms with van der Waals surface area (Å²) < 4.78 is 5.14. The van der Waals surface area contributed by atoms with Gasteiger partial charge in [-0.1, -0.05) is 0 Å². The fraction of sp³-hybridized carbons (Fsp3) is 0.818. The molecule has 0 aromatic carbocycles. The van der Waals surface area contributed by atoms with Crippen LogP contribution in [0, 0.1) is 0 Å². The van der Waals surface area contributed by atoms with Crippen LogP contribution in [0.2, 0.25) is 0 Å². The zero-order valence-corrected chi connectivity index (χ0v) is 10.4. The predicted octanol–water partition coefficient (Wildman–Crippen LogP) is 0.833. The van der Waals surface area contributed by atoms with Crippen LogP contribution in [0.5, 0.6) is 0 Å². The number of aliphatic hydroxyl groups is 1. The Morgan fingerprint density at radius 1 is 1.41 bits per heavy atom. The summed E-state index contributed by atoms with van der Waals surface area (Å²) in [7, 11) is 0. The Morgan fingerprint density at radius 2 is 2.00 bits per heavy atom. The number of likely N-dealkylation sites (tertiary alicyclic amines) is 1. The molecule has 1 rings (SSSR count). The van der Waals surface area contributed by atoms with Gasteiger partial charge >= 0.3 is 12.1 Å². The van der Waals surface area contributed by atoms with Gasteiger partial charge in [0.2, 0.25) is 0 Å². The maximum absolute atomic E-state index is 11.9. The number of carboxylic acids is 1. The molecule has 1 atom stereocenters. The summed E-state index contributed by atoms with van der Waals surface area (Å²) in [5.74, 6) is -1.19. The Labute approximate surface area is 100 Å². The first-order chi connectivity index (χ1) is 7.73. The number of hydrogen-bond donors (Lipinski definition) is 2. The first-order valence-electron chi connectivity index (χ1n) is 5.58. The lowest BCUT2D eigenvalue weighted by atomic mass is 9.98. The standard InChI is InChI=1S/C11H19NO5/c1-10(2,3)17-9(16)12-6-4-5-11(12,7-13)8(14)15/h13H,4-7H2,1-3H3,(H,14,15)/t11-/m0/s1. The number of carbonyl (C=O) groups is 2. The lowest BCUT2D eigenvalue weighted by molar-refractivity contribution is -0.152. The highest BCUT2D eigenvalue weighted by molar-refractivity contribution is 5.85. The number of aliphatic hydroxyl groups excluding tert-OH is 1. The van der Waals surface area contributed by atoms with Crippen molar-refractivity contribution >= 4 is 12.1 Å². The molecule has 0 unspecified atom stereocenters. The van der Waals surface area contributed by atoms with Crippen LogP contribution in [-0.2, 0) is 9.53 Å². The summed E-state index contributed by atoms with van der Waals surface area (Å²) in [5, 5.41) is 18.4. The normalized spacial score (nSPS) is 24.8. The van der Waals surface area contributed by atoms with Gasteiger partial charge in [-0.3, -0.25) is 4.90 Å². The minimum absolute atomic E-state index is 0.248. The molecule has 0 spiro atoms. The Kier molecular flexibility index (Phi) is 3.66. The number of ether oxygens (including phenoxy) is 1. The number of amides is 1. The van der Waals surface area contributed by atoms with Gasteiger partial charge in [-0.2, -0.15) is 0 Å². The topological polar surface area (TPSA) is 87.1 Å². The second-order valence-electron chi connectivity index (χ2n) is 5.23. The van der Waals surface area contributed by atoms with E-state index in [0.29, 0.717) is 13.0 Å². The van der Waals surface area contributed by atoms with E-state index in [0.717, 1.165) is 4.90 Å². The minimum atomic E-state index is -1.53. The van der Waals surface area contributed by atoms with Crippen molar-refractivity contribution < 1.29 is 24.5 Å². The summed E-state index contributed by atoms with van der Waals surface area (Å²) in [6, 6.07) is 0. The highest BCUT2D eigenvalue weighted by atomic mass is 16.6. The molecule has 0 aromatic rings. The van der Waals surface area contributed by atoms with E-state index in [2.05, 4.69) is 0 Å². The molecule has 98 valence electrons. The third-order valence-corrected chi connectivity index (χ3v) is 2.76. The van der Waals surface area contributed by atoms with Gasteiger partial charge in [0, 0.05) is 6.54 Å². The molecular formula is C11H19NO5. The second kappa shape index (κ2) is 4.52. The molecule has 2 N–H and O–H groups in total. The van der Waals surface area contributed by atoms with Gasteiger partial charge in [0.15, 0.2) is 5.54 Å². The first-order valence-corrected chi connectivity index (χ1v) is 5.58. The zero-order valence-electron chi connectivity index (χ0n) is 10.4. The lowest BCUT2D eigenvalue weighted by Gasteiger charge is -2.34. The van der Waals surface area contributed by atoms with Crippen molar-refractivity contribution in [2.75, 3.05) is 13.2 Å². The van der Waals surface area contributed by atoms with Gasteiger partial charge in [0.05, 0.1) is 6.61 Å². The molecule has 0 radical (unpaired) electrons. The Morgan fingerprint density at radius 3 is 2.41 bits per heavy atom. The van der Waals surface area contributed by atoms with Crippen molar-refractivity contribution in [1.29, 1.82) is 0 Å². The van der Waals surface area contributed by atoms with Gasteiger partial charge in [0.25, 0.3) is 0 Å². The number of rotatable bonds is 2.